The fourth-order valence-electron chi connectivity index (χ4n) is 3.51. The van der Waals surface area contributed by atoms with E-state index in [1.54, 1.807) is 24.3 Å². The zero-order valence-corrected chi connectivity index (χ0v) is 19.8. The number of rotatable bonds is 5. The van der Waals surface area contributed by atoms with Gasteiger partial charge in [0.25, 0.3) is 0 Å². The first-order valence-electron chi connectivity index (χ1n) is 9.96. The lowest BCUT2D eigenvalue weighted by molar-refractivity contribution is 0.0476. The first-order valence-corrected chi connectivity index (χ1v) is 11.1. The lowest BCUT2D eigenvalue weighted by Crippen LogP contribution is -2.16. The highest BCUT2D eigenvalue weighted by Gasteiger charge is 2.21. The second-order valence-electron chi connectivity index (χ2n) is 7.49. The maximum absolute atomic E-state index is 13.2. The number of nitrogens with zero attached hydrogens (tertiary/aromatic N) is 1. The number of Topliss-reactive ketones (excluding diaryl/α,β-unsaturated/α-hetero) is 1. The standard InChI is InChI=1S/C26H19BrClNO3/c1-15-3-5-18(6-4-15)25-16(2)24(21-13-19(27)9-12-22(21)29-25)26(31)32-14-23(30)17-7-10-20(28)11-8-17/h3-13H,14H2,1-2H3. The summed E-state index contributed by atoms with van der Waals surface area (Å²) in [6.07, 6.45) is 0. The molecule has 0 saturated carbocycles. The van der Waals surface area contributed by atoms with E-state index in [1.165, 1.54) is 0 Å². The van der Waals surface area contributed by atoms with E-state index in [-0.39, 0.29) is 12.4 Å². The molecule has 0 aliphatic heterocycles. The van der Waals surface area contributed by atoms with Crippen LogP contribution < -0.4 is 0 Å². The van der Waals surface area contributed by atoms with Crippen molar-refractivity contribution in [3.05, 3.63) is 98.5 Å². The van der Waals surface area contributed by atoms with E-state index in [0.29, 0.717) is 38.3 Å². The van der Waals surface area contributed by atoms with Gasteiger partial charge < -0.3 is 4.74 Å². The van der Waals surface area contributed by atoms with E-state index in [0.717, 1.165) is 15.6 Å². The van der Waals surface area contributed by atoms with Crippen molar-refractivity contribution in [3.63, 3.8) is 0 Å². The Morgan fingerprint density at radius 3 is 2.34 bits per heavy atom. The molecular weight excluding hydrogens is 490 g/mol. The summed E-state index contributed by atoms with van der Waals surface area (Å²) in [6, 6.07) is 20.0. The number of ether oxygens (including phenoxy) is 1. The van der Waals surface area contributed by atoms with Crippen LogP contribution in [0.1, 0.15) is 31.8 Å². The third-order valence-electron chi connectivity index (χ3n) is 5.22. The minimum atomic E-state index is -0.566. The zero-order chi connectivity index (χ0) is 22.8. The summed E-state index contributed by atoms with van der Waals surface area (Å²) < 4.78 is 6.27. The van der Waals surface area contributed by atoms with Crippen molar-refractivity contribution in [2.75, 3.05) is 6.61 Å². The highest BCUT2D eigenvalue weighted by molar-refractivity contribution is 9.10. The van der Waals surface area contributed by atoms with E-state index >= 15 is 0 Å². The van der Waals surface area contributed by atoms with Gasteiger partial charge in [-0.25, -0.2) is 9.78 Å². The van der Waals surface area contributed by atoms with Gasteiger partial charge in [0.1, 0.15) is 0 Å². The summed E-state index contributed by atoms with van der Waals surface area (Å²) in [5.74, 6) is -0.866. The lowest BCUT2D eigenvalue weighted by Gasteiger charge is -2.15. The Balaban J connectivity index is 1.72. The fraction of sp³-hybridized carbons (Fsp3) is 0.115. The summed E-state index contributed by atoms with van der Waals surface area (Å²) in [4.78, 5) is 30.5. The molecule has 0 spiro atoms. The van der Waals surface area contributed by atoms with Gasteiger partial charge in [-0.15, -0.1) is 0 Å². The molecule has 3 aromatic carbocycles. The van der Waals surface area contributed by atoms with Crippen molar-refractivity contribution in [3.8, 4) is 11.3 Å². The number of aromatic nitrogens is 1. The molecule has 160 valence electrons. The monoisotopic (exact) mass is 507 g/mol. The van der Waals surface area contributed by atoms with E-state index in [1.807, 2.05) is 56.3 Å². The first-order chi connectivity index (χ1) is 15.3. The smallest absolute Gasteiger partial charge is 0.339 e. The molecule has 6 heteroatoms. The van der Waals surface area contributed by atoms with Crippen molar-refractivity contribution in [1.29, 1.82) is 0 Å². The quantitative estimate of drug-likeness (QED) is 0.216. The number of carbonyl (C=O) groups is 2. The van der Waals surface area contributed by atoms with Crippen molar-refractivity contribution >= 4 is 50.2 Å². The third kappa shape index (κ3) is 4.59. The van der Waals surface area contributed by atoms with Crippen LogP contribution in [-0.4, -0.2) is 23.3 Å². The van der Waals surface area contributed by atoms with Gasteiger partial charge in [-0.3, -0.25) is 4.79 Å². The van der Waals surface area contributed by atoms with Crippen LogP contribution in [0.3, 0.4) is 0 Å². The minimum Gasteiger partial charge on any atom is -0.454 e. The number of aryl methyl sites for hydroxylation is 1. The van der Waals surface area contributed by atoms with E-state index in [4.69, 9.17) is 21.3 Å². The Morgan fingerprint density at radius 2 is 1.66 bits per heavy atom. The van der Waals surface area contributed by atoms with Gasteiger partial charge in [0.15, 0.2) is 12.4 Å². The number of benzene rings is 3. The Labute approximate surface area is 199 Å². The maximum Gasteiger partial charge on any atom is 0.339 e. The minimum absolute atomic E-state index is 0.300. The summed E-state index contributed by atoms with van der Waals surface area (Å²) in [7, 11) is 0. The molecule has 0 N–H and O–H groups in total. The average molecular weight is 509 g/mol. The van der Waals surface area contributed by atoms with Crippen LogP contribution in [0.25, 0.3) is 22.2 Å². The second-order valence-corrected chi connectivity index (χ2v) is 8.85. The lowest BCUT2D eigenvalue weighted by atomic mass is 9.97. The number of hydrogen-bond donors (Lipinski definition) is 0. The Kier molecular flexibility index (Phi) is 6.40. The molecule has 0 bridgehead atoms. The summed E-state index contributed by atoms with van der Waals surface area (Å²) in [5.41, 5.74) is 4.95. The van der Waals surface area contributed by atoms with Crippen LogP contribution in [0, 0.1) is 13.8 Å². The van der Waals surface area contributed by atoms with Gasteiger partial charge in [0.05, 0.1) is 16.8 Å². The Hall–Kier alpha value is -3.02. The van der Waals surface area contributed by atoms with Crippen LogP contribution in [0.2, 0.25) is 5.02 Å². The summed E-state index contributed by atoms with van der Waals surface area (Å²) in [6.45, 7) is 3.50. The Bertz CT molecular complexity index is 1330. The predicted molar refractivity (Wildman–Crippen MR) is 130 cm³/mol. The molecule has 1 aromatic heterocycles. The Morgan fingerprint density at radius 1 is 0.969 bits per heavy atom. The molecule has 0 atom stereocenters. The van der Waals surface area contributed by atoms with E-state index < -0.39 is 5.97 Å². The number of halogens is 2. The highest BCUT2D eigenvalue weighted by atomic mass is 79.9. The van der Waals surface area contributed by atoms with Crippen LogP contribution >= 0.6 is 27.5 Å². The largest absolute Gasteiger partial charge is 0.454 e. The van der Waals surface area contributed by atoms with Crippen LogP contribution in [0.5, 0.6) is 0 Å². The van der Waals surface area contributed by atoms with E-state index in [9.17, 15) is 9.59 Å². The van der Waals surface area contributed by atoms with Crippen molar-refractivity contribution in [1.82, 2.24) is 4.98 Å². The number of esters is 1. The number of carbonyl (C=O) groups excluding carboxylic acids is 2. The molecule has 0 aliphatic rings. The van der Waals surface area contributed by atoms with Crippen LogP contribution in [-0.2, 0) is 4.74 Å². The molecule has 4 rings (SSSR count). The topological polar surface area (TPSA) is 56.3 Å². The maximum atomic E-state index is 13.2. The van der Waals surface area contributed by atoms with Crippen molar-refractivity contribution in [2.45, 2.75) is 13.8 Å². The van der Waals surface area contributed by atoms with Gasteiger partial charge in [0, 0.05) is 26.0 Å². The molecule has 32 heavy (non-hydrogen) atoms. The van der Waals surface area contributed by atoms with Crippen molar-refractivity contribution < 1.29 is 14.3 Å². The number of pyridine rings is 1. The summed E-state index contributed by atoms with van der Waals surface area (Å²) >= 11 is 9.34. The van der Waals surface area contributed by atoms with Crippen LogP contribution in [0.15, 0.2) is 71.2 Å². The highest BCUT2D eigenvalue weighted by Crippen LogP contribution is 2.32. The molecule has 4 aromatic rings. The van der Waals surface area contributed by atoms with Gasteiger partial charge in [0.2, 0.25) is 0 Å². The molecule has 4 nitrogen and oxygen atoms in total. The zero-order valence-electron chi connectivity index (χ0n) is 17.5. The SMILES string of the molecule is Cc1ccc(-c2nc3ccc(Br)cc3c(C(=O)OCC(=O)c3ccc(Cl)cc3)c2C)cc1. The molecular formula is C26H19BrClNO3. The fourth-order valence-corrected chi connectivity index (χ4v) is 4.00. The molecule has 0 unspecified atom stereocenters. The number of ketones is 1. The van der Waals surface area contributed by atoms with Crippen molar-refractivity contribution in [2.24, 2.45) is 0 Å². The molecule has 0 aliphatic carbocycles. The van der Waals surface area contributed by atoms with E-state index in [2.05, 4.69) is 15.9 Å². The van der Waals surface area contributed by atoms with Gasteiger partial charge in [-0.2, -0.15) is 0 Å². The molecule has 1 heterocycles. The normalized spacial score (nSPS) is 10.9. The molecule has 0 radical (unpaired) electrons. The van der Waals surface area contributed by atoms with Gasteiger partial charge in [-0.05, 0) is 61.9 Å². The second kappa shape index (κ2) is 9.23. The average Bonchev–Trinajstić information content (AvgIpc) is 2.78. The summed E-state index contributed by atoms with van der Waals surface area (Å²) in [5, 5.41) is 1.20. The van der Waals surface area contributed by atoms with Crippen LogP contribution in [0.4, 0.5) is 0 Å². The number of fused-ring (bicyclic) bond motifs is 1. The number of hydrogen-bond acceptors (Lipinski definition) is 4. The van der Waals surface area contributed by atoms with Gasteiger partial charge >= 0.3 is 5.97 Å². The molecule has 0 saturated heterocycles. The van der Waals surface area contributed by atoms with Gasteiger partial charge in [-0.1, -0.05) is 57.4 Å². The first kappa shape index (κ1) is 22.2. The third-order valence-corrected chi connectivity index (χ3v) is 5.97. The predicted octanol–water partition coefficient (Wildman–Crippen LogP) is 6.97. The molecule has 0 fully saturated rings. The molecule has 0 amide bonds.